The first kappa shape index (κ1) is 17.0. The summed E-state index contributed by atoms with van der Waals surface area (Å²) in [5.41, 5.74) is 7.79. The van der Waals surface area contributed by atoms with Crippen molar-refractivity contribution in [3.8, 4) is 0 Å². The second-order valence-corrected chi connectivity index (χ2v) is 4.07. The number of para-hydroxylation sites is 1. The van der Waals surface area contributed by atoms with Gasteiger partial charge >= 0.3 is 0 Å². The Balaban J connectivity index is 0.00000144. The zero-order valence-corrected chi connectivity index (χ0v) is 12.0. The van der Waals surface area contributed by atoms with Crippen LogP contribution >= 0.6 is 24.8 Å². The highest BCUT2D eigenvalue weighted by Gasteiger charge is 2.19. The Morgan fingerprint density at radius 1 is 1.28 bits per heavy atom. The molecule has 0 aliphatic carbocycles. The van der Waals surface area contributed by atoms with E-state index in [9.17, 15) is 4.79 Å². The van der Waals surface area contributed by atoms with Crippen LogP contribution in [0.25, 0.3) is 0 Å². The molecule has 0 spiro atoms. The number of nitrogens with two attached hydrogens (primary N) is 1. The fourth-order valence-corrected chi connectivity index (χ4v) is 2.03. The fourth-order valence-electron chi connectivity index (χ4n) is 2.03. The highest BCUT2D eigenvalue weighted by molar-refractivity contribution is 5.85. The Bertz CT molecular complexity index is 401. The Morgan fingerprint density at radius 2 is 1.94 bits per heavy atom. The number of benzene rings is 1. The third-order valence-electron chi connectivity index (χ3n) is 3.00. The molecule has 2 N–H and O–H groups in total. The molecule has 1 aliphatic rings. The van der Waals surface area contributed by atoms with E-state index in [2.05, 4.69) is 24.1 Å². The molecule has 1 aromatic carbocycles. The molecule has 2 rings (SSSR count). The maximum atomic E-state index is 11.6. The van der Waals surface area contributed by atoms with Gasteiger partial charge in [0.05, 0.1) is 6.54 Å². The Kier molecular flexibility index (Phi) is 7.06. The molecule has 0 fully saturated rings. The van der Waals surface area contributed by atoms with Gasteiger partial charge in [0.15, 0.2) is 0 Å². The summed E-state index contributed by atoms with van der Waals surface area (Å²) in [6, 6.07) is 8.18. The van der Waals surface area contributed by atoms with Gasteiger partial charge in [0.25, 0.3) is 0 Å². The first-order valence-electron chi connectivity index (χ1n) is 5.49. The van der Waals surface area contributed by atoms with Crippen molar-refractivity contribution >= 4 is 36.4 Å². The number of hydrogen-bond acceptors (Lipinski definition) is 3. The van der Waals surface area contributed by atoms with E-state index >= 15 is 0 Å². The summed E-state index contributed by atoms with van der Waals surface area (Å²) in [6.07, 6.45) is 0. The lowest BCUT2D eigenvalue weighted by Gasteiger charge is -2.20. The van der Waals surface area contributed by atoms with Crippen LogP contribution in [0, 0.1) is 0 Å². The second kappa shape index (κ2) is 7.46. The quantitative estimate of drug-likeness (QED) is 0.848. The van der Waals surface area contributed by atoms with Crippen LogP contribution in [0.4, 0.5) is 5.69 Å². The first-order valence-corrected chi connectivity index (χ1v) is 5.49. The molecule has 0 aromatic heterocycles. The van der Waals surface area contributed by atoms with Crippen LogP contribution in [0.3, 0.4) is 0 Å². The lowest BCUT2D eigenvalue weighted by Crippen LogP contribution is -2.38. The van der Waals surface area contributed by atoms with Crippen LogP contribution in [0.5, 0.6) is 0 Å². The number of hydrogen-bond donors (Lipinski definition) is 1. The van der Waals surface area contributed by atoms with E-state index in [4.69, 9.17) is 5.73 Å². The predicted molar refractivity (Wildman–Crippen MR) is 78.7 cm³/mol. The fraction of sp³-hybridized carbons (Fsp3) is 0.417. The minimum Gasteiger partial charge on any atom is -0.373 e. The molecule has 1 amide bonds. The molecule has 6 heteroatoms. The van der Waals surface area contributed by atoms with Crippen LogP contribution < -0.4 is 10.6 Å². The summed E-state index contributed by atoms with van der Waals surface area (Å²) in [6.45, 7) is 2.34. The average Bonchev–Trinajstić information content (AvgIpc) is 2.49. The van der Waals surface area contributed by atoms with Crippen LogP contribution in [0.1, 0.15) is 5.56 Å². The zero-order valence-electron chi connectivity index (χ0n) is 10.3. The third-order valence-corrected chi connectivity index (χ3v) is 3.00. The molecule has 18 heavy (non-hydrogen) atoms. The molecule has 1 aromatic rings. The van der Waals surface area contributed by atoms with Crippen molar-refractivity contribution in [2.75, 3.05) is 31.6 Å². The van der Waals surface area contributed by atoms with E-state index in [0.717, 1.165) is 13.1 Å². The number of carbonyl (C=O) groups is 1. The molecule has 4 nitrogen and oxygen atoms in total. The molecule has 0 saturated heterocycles. The summed E-state index contributed by atoms with van der Waals surface area (Å²) < 4.78 is 0. The van der Waals surface area contributed by atoms with Gasteiger partial charge in [0.1, 0.15) is 0 Å². The van der Waals surface area contributed by atoms with Crippen molar-refractivity contribution in [1.82, 2.24) is 4.90 Å². The summed E-state index contributed by atoms with van der Waals surface area (Å²) in [5.74, 6) is 0.0186. The molecule has 0 radical (unpaired) electrons. The highest BCUT2D eigenvalue weighted by Crippen LogP contribution is 2.23. The molecule has 1 aliphatic heterocycles. The molecule has 1 heterocycles. The maximum absolute atomic E-state index is 11.6. The highest BCUT2D eigenvalue weighted by atomic mass is 35.5. The summed E-state index contributed by atoms with van der Waals surface area (Å²) in [7, 11) is 2.05. The van der Waals surface area contributed by atoms with Gasteiger partial charge in [-0.15, -0.1) is 24.8 Å². The van der Waals surface area contributed by atoms with Crippen molar-refractivity contribution in [3.05, 3.63) is 29.8 Å². The van der Waals surface area contributed by atoms with E-state index in [1.165, 1.54) is 11.3 Å². The summed E-state index contributed by atoms with van der Waals surface area (Å²) in [5, 5.41) is 0. The number of fused-ring (bicyclic) bond motifs is 1. The lowest BCUT2D eigenvalue weighted by molar-refractivity contribution is -0.130. The molecule has 0 atom stereocenters. The Morgan fingerprint density at radius 3 is 2.61 bits per heavy atom. The SMILES string of the molecule is CN1CCN(C(=O)CN)Cc2ccccc21.Cl.Cl. The van der Waals surface area contributed by atoms with Gasteiger partial charge in [-0.2, -0.15) is 0 Å². The second-order valence-electron chi connectivity index (χ2n) is 4.07. The van der Waals surface area contributed by atoms with Gasteiger partial charge in [0, 0.05) is 32.4 Å². The van der Waals surface area contributed by atoms with E-state index in [1.807, 2.05) is 17.0 Å². The zero-order chi connectivity index (χ0) is 11.5. The van der Waals surface area contributed by atoms with Crippen LogP contribution in [-0.4, -0.2) is 37.5 Å². The van der Waals surface area contributed by atoms with Gasteiger partial charge in [-0.1, -0.05) is 18.2 Å². The minimum atomic E-state index is 0. The normalized spacial score (nSPS) is 13.9. The number of amides is 1. The van der Waals surface area contributed by atoms with Crippen LogP contribution in [-0.2, 0) is 11.3 Å². The van der Waals surface area contributed by atoms with Gasteiger partial charge in [-0.3, -0.25) is 4.79 Å². The van der Waals surface area contributed by atoms with E-state index in [1.54, 1.807) is 0 Å². The van der Waals surface area contributed by atoms with Crippen molar-refractivity contribution < 1.29 is 4.79 Å². The van der Waals surface area contributed by atoms with Gasteiger partial charge in [-0.05, 0) is 11.6 Å². The minimum absolute atomic E-state index is 0. The molecule has 0 saturated carbocycles. The van der Waals surface area contributed by atoms with E-state index in [0.29, 0.717) is 6.54 Å². The number of nitrogens with zero attached hydrogens (tertiary/aromatic N) is 2. The first-order chi connectivity index (χ1) is 7.72. The smallest absolute Gasteiger partial charge is 0.236 e. The van der Waals surface area contributed by atoms with Crippen molar-refractivity contribution in [2.45, 2.75) is 6.54 Å². The maximum Gasteiger partial charge on any atom is 0.236 e. The van der Waals surface area contributed by atoms with Crippen molar-refractivity contribution in [2.24, 2.45) is 5.73 Å². The molecular weight excluding hydrogens is 273 g/mol. The Labute approximate surface area is 120 Å². The lowest BCUT2D eigenvalue weighted by atomic mass is 10.1. The summed E-state index contributed by atoms with van der Waals surface area (Å²) >= 11 is 0. The average molecular weight is 292 g/mol. The van der Waals surface area contributed by atoms with Gasteiger partial charge in [0.2, 0.25) is 5.91 Å². The summed E-state index contributed by atoms with van der Waals surface area (Å²) in [4.78, 5) is 15.6. The van der Waals surface area contributed by atoms with E-state index in [-0.39, 0.29) is 37.3 Å². The molecule has 102 valence electrons. The number of halogens is 2. The topological polar surface area (TPSA) is 49.6 Å². The molecular formula is C12H19Cl2N3O. The standard InChI is InChI=1S/C12H17N3O.2ClH/c1-14-6-7-15(12(16)8-13)9-10-4-2-3-5-11(10)14;;/h2-5H,6-9,13H2,1H3;2*1H. The third kappa shape index (κ3) is 3.51. The van der Waals surface area contributed by atoms with Gasteiger partial charge in [-0.25, -0.2) is 0 Å². The number of carbonyl (C=O) groups excluding carboxylic acids is 1. The number of rotatable bonds is 1. The molecule has 0 unspecified atom stereocenters. The van der Waals surface area contributed by atoms with Crippen LogP contribution in [0.2, 0.25) is 0 Å². The van der Waals surface area contributed by atoms with Gasteiger partial charge < -0.3 is 15.5 Å². The number of anilines is 1. The van der Waals surface area contributed by atoms with Crippen LogP contribution in [0.15, 0.2) is 24.3 Å². The largest absolute Gasteiger partial charge is 0.373 e. The monoisotopic (exact) mass is 291 g/mol. The predicted octanol–water partition coefficient (Wildman–Crippen LogP) is 1.27. The van der Waals surface area contributed by atoms with Crippen molar-refractivity contribution in [3.63, 3.8) is 0 Å². The Hall–Kier alpha value is -0.970. The molecule has 0 bridgehead atoms. The number of likely N-dealkylation sites (N-methyl/N-ethyl adjacent to an activating group) is 1. The van der Waals surface area contributed by atoms with E-state index < -0.39 is 0 Å². The van der Waals surface area contributed by atoms with Crippen molar-refractivity contribution in [1.29, 1.82) is 0 Å².